The summed E-state index contributed by atoms with van der Waals surface area (Å²) < 4.78 is 26.3. The van der Waals surface area contributed by atoms with Crippen molar-refractivity contribution in [2.75, 3.05) is 7.05 Å². The van der Waals surface area contributed by atoms with Crippen molar-refractivity contribution in [3.8, 4) is 0 Å². The van der Waals surface area contributed by atoms with Crippen LogP contribution in [0.3, 0.4) is 0 Å². The van der Waals surface area contributed by atoms with Gasteiger partial charge in [0.2, 0.25) is 5.91 Å². The molecule has 0 radical (unpaired) electrons. The van der Waals surface area contributed by atoms with E-state index in [2.05, 4.69) is 19.2 Å². The van der Waals surface area contributed by atoms with Crippen molar-refractivity contribution in [1.82, 2.24) is 10.2 Å². The molecule has 0 unspecified atom stereocenters. The van der Waals surface area contributed by atoms with Crippen molar-refractivity contribution in [3.05, 3.63) is 35.4 Å². The zero-order valence-corrected chi connectivity index (χ0v) is 15.0. The quantitative estimate of drug-likeness (QED) is 0.887. The number of benzene rings is 1. The first-order valence-electron chi connectivity index (χ1n) is 8.74. The molecular formula is C19H28F2N2O. The maximum atomic E-state index is 13.3. The predicted molar refractivity (Wildman–Crippen MR) is 91.4 cm³/mol. The molecule has 1 saturated carbocycles. The lowest BCUT2D eigenvalue weighted by molar-refractivity contribution is -0.127. The molecule has 1 aromatic carbocycles. The third-order valence-electron chi connectivity index (χ3n) is 5.49. The Bertz CT molecular complexity index is 578. The lowest BCUT2D eigenvalue weighted by atomic mass is 9.78. The van der Waals surface area contributed by atoms with Crippen LogP contribution in [-0.4, -0.2) is 29.9 Å². The summed E-state index contributed by atoms with van der Waals surface area (Å²) in [6.45, 7) is 6.67. The van der Waals surface area contributed by atoms with Crippen LogP contribution in [0.25, 0.3) is 0 Å². The smallest absolute Gasteiger partial charge is 0.237 e. The maximum Gasteiger partial charge on any atom is 0.237 e. The molecule has 0 aromatic heterocycles. The Kier molecular flexibility index (Phi) is 6.33. The molecular weight excluding hydrogens is 310 g/mol. The van der Waals surface area contributed by atoms with Crippen molar-refractivity contribution in [2.45, 2.75) is 58.7 Å². The van der Waals surface area contributed by atoms with E-state index in [-0.39, 0.29) is 18.0 Å². The van der Waals surface area contributed by atoms with Crippen LogP contribution in [0, 0.1) is 23.5 Å². The first-order chi connectivity index (χ1) is 11.3. The molecule has 1 fully saturated rings. The van der Waals surface area contributed by atoms with Gasteiger partial charge in [-0.3, -0.25) is 9.69 Å². The molecule has 3 nitrogen and oxygen atoms in total. The van der Waals surface area contributed by atoms with Gasteiger partial charge >= 0.3 is 0 Å². The van der Waals surface area contributed by atoms with Crippen molar-refractivity contribution >= 4 is 5.91 Å². The summed E-state index contributed by atoms with van der Waals surface area (Å²) in [6.07, 6.45) is 3.39. The fraction of sp³-hybridized carbons (Fsp3) is 0.632. The van der Waals surface area contributed by atoms with E-state index in [1.807, 2.05) is 18.9 Å². The highest BCUT2D eigenvalue weighted by Crippen LogP contribution is 2.29. The van der Waals surface area contributed by atoms with E-state index in [4.69, 9.17) is 0 Å². The van der Waals surface area contributed by atoms with Crippen LogP contribution >= 0.6 is 0 Å². The Morgan fingerprint density at radius 3 is 2.67 bits per heavy atom. The van der Waals surface area contributed by atoms with Crippen LogP contribution in [0.15, 0.2) is 18.2 Å². The predicted octanol–water partition coefficient (Wildman–Crippen LogP) is 3.73. The zero-order valence-electron chi connectivity index (χ0n) is 15.0. The first kappa shape index (κ1) is 18.8. The van der Waals surface area contributed by atoms with Gasteiger partial charge in [0.1, 0.15) is 0 Å². The van der Waals surface area contributed by atoms with E-state index in [9.17, 15) is 13.6 Å². The van der Waals surface area contributed by atoms with Crippen LogP contribution in [0.4, 0.5) is 8.78 Å². The summed E-state index contributed by atoms with van der Waals surface area (Å²) in [5.74, 6) is -0.618. The lowest BCUT2D eigenvalue weighted by Gasteiger charge is -2.36. The van der Waals surface area contributed by atoms with Crippen molar-refractivity contribution in [2.24, 2.45) is 11.8 Å². The Morgan fingerprint density at radius 1 is 1.29 bits per heavy atom. The number of nitrogens with one attached hydrogen (secondary N) is 1. The SMILES string of the molecule is C[C@@H]1[C@H](C)CCC[C@@H]1NC(=O)[C@H](C)N(C)Cc1ccc(F)c(F)c1. The average molecular weight is 338 g/mol. The monoisotopic (exact) mass is 338 g/mol. The van der Waals surface area contributed by atoms with E-state index in [1.165, 1.54) is 12.5 Å². The van der Waals surface area contributed by atoms with Gasteiger partial charge < -0.3 is 5.32 Å². The van der Waals surface area contributed by atoms with E-state index >= 15 is 0 Å². The zero-order chi connectivity index (χ0) is 17.9. The highest BCUT2D eigenvalue weighted by molar-refractivity contribution is 5.81. The summed E-state index contributed by atoms with van der Waals surface area (Å²) in [7, 11) is 1.82. The minimum atomic E-state index is -0.858. The molecule has 1 aliphatic rings. The highest BCUT2D eigenvalue weighted by atomic mass is 19.2. The third kappa shape index (κ3) is 4.53. The lowest BCUT2D eigenvalue weighted by Crippen LogP contribution is -2.50. The van der Waals surface area contributed by atoms with Gasteiger partial charge in [-0.15, -0.1) is 0 Å². The number of hydrogen-bond acceptors (Lipinski definition) is 2. The topological polar surface area (TPSA) is 32.3 Å². The molecule has 0 spiro atoms. The highest BCUT2D eigenvalue weighted by Gasteiger charge is 2.30. The standard InChI is InChI=1S/C19H28F2N2O/c1-12-6-5-7-18(13(12)2)22-19(24)14(3)23(4)11-15-8-9-16(20)17(21)10-15/h8-10,12-14,18H,5-7,11H2,1-4H3,(H,22,24)/t12-,13-,14+,18+/m1/s1. The number of amides is 1. The van der Waals surface area contributed by atoms with E-state index < -0.39 is 11.6 Å². The molecule has 2 rings (SSSR count). The molecule has 5 heteroatoms. The number of halogens is 2. The molecule has 4 atom stereocenters. The van der Waals surface area contributed by atoms with Crippen LogP contribution in [0.2, 0.25) is 0 Å². The summed E-state index contributed by atoms with van der Waals surface area (Å²) in [4.78, 5) is 14.4. The van der Waals surface area contributed by atoms with Crippen LogP contribution in [0.5, 0.6) is 0 Å². The van der Waals surface area contributed by atoms with Crippen LogP contribution < -0.4 is 5.32 Å². The fourth-order valence-electron chi connectivity index (χ4n) is 3.35. The van der Waals surface area contributed by atoms with Crippen molar-refractivity contribution in [3.63, 3.8) is 0 Å². The third-order valence-corrected chi connectivity index (χ3v) is 5.49. The molecule has 0 saturated heterocycles. The Labute approximate surface area is 143 Å². The summed E-state index contributed by atoms with van der Waals surface area (Å²) in [5.41, 5.74) is 0.649. The number of hydrogen-bond donors (Lipinski definition) is 1. The van der Waals surface area contributed by atoms with Crippen LogP contribution in [0.1, 0.15) is 45.6 Å². The second-order valence-corrected chi connectivity index (χ2v) is 7.22. The Balaban J connectivity index is 1.92. The normalized spacial score (nSPS) is 25.5. The first-order valence-corrected chi connectivity index (χ1v) is 8.74. The molecule has 24 heavy (non-hydrogen) atoms. The van der Waals surface area contributed by atoms with Crippen LogP contribution in [-0.2, 0) is 11.3 Å². The van der Waals surface area contributed by atoms with Gasteiger partial charge in [0.25, 0.3) is 0 Å². The second-order valence-electron chi connectivity index (χ2n) is 7.22. The minimum Gasteiger partial charge on any atom is -0.352 e. The molecule has 0 bridgehead atoms. The number of nitrogens with zero attached hydrogens (tertiary/aromatic N) is 1. The van der Waals surface area contributed by atoms with Crippen molar-refractivity contribution < 1.29 is 13.6 Å². The molecule has 0 heterocycles. The molecule has 1 amide bonds. The largest absolute Gasteiger partial charge is 0.352 e. The van der Waals surface area contributed by atoms with Gasteiger partial charge in [-0.05, 0) is 49.9 Å². The molecule has 1 aromatic rings. The van der Waals surface area contributed by atoms with Gasteiger partial charge in [0, 0.05) is 12.6 Å². The average Bonchev–Trinajstić information content (AvgIpc) is 2.54. The minimum absolute atomic E-state index is 0.00830. The maximum absolute atomic E-state index is 13.3. The van der Waals surface area contributed by atoms with Crippen molar-refractivity contribution in [1.29, 1.82) is 0 Å². The number of likely N-dealkylation sites (N-methyl/N-ethyl adjacent to an activating group) is 1. The van der Waals surface area contributed by atoms with Gasteiger partial charge in [0.15, 0.2) is 11.6 Å². The summed E-state index contributed by atoms with van der Waals surface area (Å²) in [6, 6.07) is 3.74. The van der Waals surface area contributed by atoms with Gasteiger partial charge in [-0.2, -0.15) is 0 Å². The number of carbonyl (C=O) groups is 1. The molecule has 134 valence electrons. The van der Waals surface area contributed by atoms with E-state index in [1.54, 1.807) is 6.07 Å². The second kappa shape index (κ2) is 8.06. The number of carbonyl (C=O) groups excluding carboxylic acids is 1. The fourth-order valence-corrected chi connectivity index (χ4v) is 3.35. The van der Waals surface area contributed by atoms with Gasteiger partial charge in [0.05, 0.1) is 6.04 Å². The van der Waals surface area contributed by atoms with Gasteiger partial charge in [-0.25, -0.2) is 8.78 Å². The molecule has 1 N–H and O–H groups in total. The molecule has 1 aliphatic carbocycles. The molecule has 0 aliphatic heterocycles. The Morgan fingerprint density at radius 2 is 2.00 bits per heavy atom. The summed E-state index contributed by atoms with van der Waals surface area (Å²) >= 11 is 0. The Hall–Kier alpha value is -1.49. The van der Waals surface area contributed by atoms with E-state index in [0.717, 1.165) is 18.9 Å². The van der Waals surface area contributed by atoms with Gasteiger partial charge in [-0.1, -0.05) is 32.8 Å². The summed E-state index contributed by atoms with van der Waals surface area (Å²) in [5, 5.41) is 3.17. The van der Waals surface area contributed by atoms with E-state index in [0.29, 0.717) is 23.9 Å². The number of rotatable bonds is 5.